The minimum atomic E-state index is -1.01. The molecule has 4 rings (SSSR count). The number of ether oxygens (including phenoxy) is 2. The molecule has 0 aromatic carbocycles. The first-order valence-corrected chi connectivity index (χ1v) is 24.8. The van der Waals surface area contributed by atoms with Crippen molar-refractivity contribution >= 4 is 117 Å². The van der Waals surface area contributed by atoms with Crippen LogP contribution in [-0.4, -0.2) is 131 Å². The number of carboxylic acid groups (broad SMARTS) is 2. The van der Waals surface area contributed by atoms with Gasteiger partial charge in [0, 0.05) is 0 Å². The van der Waals surface area contributed by atoms with Crippen LogP contribution in [0.15, 0.2) is 73.9 Å². The number of hydrogen-bond donors (Lipinski definition) is 6. The van der Waals surface area contributed by atoms with Gasteiger partial charge in [0.2, 0.25) is 0 Å². The van der Waals surface area contributed by atoms with E-state index in [1.807, 2.05) is 49.4 Å². The van der Waals surface area contributed by atoms with E-state index < -0.39 is 36.4 Å². The maximum atomic E-state index is 10.5. The fourth-order valence-corrected chi connectivity index (χ4v) is 11.8. The molecular formula is C42H54B2Br2O10S4. The Morgan fingerprint density at radius 1 is 0.850 bits per heavy atom. The summed E-state index contributed by atoms with van der Waals surface area (Å²) in [6.45, 7) is 4.05. The molecule has 60 heavy (non-hydrogen) atoms. The van der Waals surface area contributed by atoms with Crippen molar-refractivity contribution in [2.24, 2.45) is 35.5 Å². The van der Waals surface area contributed by atoms with Crippen LogP contribution in [0.3, 0.4) is 0 Å². The van der Waals surface area contributed by atoms with E-state index in [4.69, 9.17) is 34.7 Å². The summed E-state index contributed by atoms with van der Waals surface area (Å²) < 4.78 is 13.9. The number of hydrogen-bond acceptors (Lipinski definition) is 12. The van der Waals surface area contributed by atoms with Crippen molar-refractivity contribution in [3.05, 3.63) is 79.4 Å². The van der Waals surface area contributed by atoms with Gasteiger partial charge in [-0.3, -0.25) is 0 Å². The monoisotopic (exact) mass is 1030 g/mol. The molecule has 6 N–H and O–H groups in total. The number of aliphatic hydroxyl groups is 4. The van der Waals surface area contributed by atoms with Crippen molar-refractivity contribution < 1.29 is 49.7 Å². The van der Waals surface area contributed by atoms with Gasteiger partial charge in [-0.1, -0.05) is 0 Å². The van der Waals surface area contributed by atoms with Gasteiger partial charge in [0.1, 0.15) is 0 Å². The molecule has 326 valence electrons. The zero-order valence-electron chi connectivity index (χ0n) is 33.6. The van der Waals surface area contributed by atoms with Crippen LogP contribution in [0.25, 0.3) is 0 Å². The van der Waals surface area contributed by atoms with Crippen molar-refractivity contribution in [1.29, 1.82) is 0 Å². The van der Waals surface area contributed by atoms with Gasteiger partial charge in [0.15, 0.2) is 0 Å². The molecule has 2 fully saturated rings. The van der Waals surface area contributed by atoms with Crippen LogP contribution in [0, 0.1) is 49.4 Å². The number of aliphatic hydroxyl groups excluding tert-OH is 4. The molecule has 2 heterocycles. The molecule has 2 aromatic rings. The number of thioether (sulfide) groups is 2. The van der Waals surface area contributed by atoms with E-state index in [0.29, 0.717) is 37.2 Å². The first kappa shape index (κ1) is 52.8. The zero-order valence-corrected chi connectivity index (χ0v) is 40.1. The maximum absolute atomic E-state index is 10.5. The predicted octanol–water partition coefficient (Wildman–Crippen LogP) is 6.92. The normalized spacial score (nSPS) is 25.2. The molecule has 0 bridgehead atoms. The summed E-state index contributed by atoms with van der Waals surface area (Å²) in [5.74, 6) is 2.85. The third-order valence-corrected chi connectivity index (χ3v) is 16.5. The molecular weight excluding hydrogens is 974 g/mol. The minimum absolute atomic E-state index is 0.0117. The van der Waals surface area contributed by atoms with Crippen LogP contribution in [0.5, 0.6) is 5.06 Å². The van der Waals surface area contributed by atoms with Crippen LogP contribution < -0.4 is 4.74 Å². The van der Waals surface area contributed by atoms with Crippen molar-refractivity contribution in [3.63, 3.8) is 0 Å². The summed E-state index contributed by atoms with van der Waals surface area (Å²) in [7, 11) is 11.6. The molecule has 0 spiro atoms. The number of carbonyl (C=O) groups is 2. The summed E-state index contributed by atoms with van der Waals surface area (Å²) in [6, 6.07) is 3.96. The van der Waals surface area contributed by atoms with Crippen LogP contribution in [-0.2, 0) is 14.3 Å². The van der Waals surface area contributed by atoms with Gasteiger partial charge in [-0.15, -0.1) is 0 Å². The second-order valence-electron chi connectivity index (χ2n) is 14.5. The van der Waals surface area contributed by atoms with Gasteiger partial charge in [-0.2, -0.15) is 0 Å². The fourth-order valence-electron chi connectivity index (χ4n) is 7.02. The first-order chi connectivity index (χ1) is 28.6. The van der Waals surface area contributed by atoms with E-state index in [0.717, 1.165) is 18.9 Å². The topological polar surface area (TPSA) is 174 Å². The summed E-state index contributed by atoms with van der Waals surface area (Å²) in [4.78, 5) is 23.3. The number of allylic oxidation sites excluding steroid dienone is 4. The van der Waals surface area contributed by atoms with Crippen molar-refractivity contribution in [1.82, 2.24) is 0 Å². The number of aryl methyl sites for hydroxylation is 2. The van der Waals surface area contributed by atoms with E-state index >= 15 is 0 Å². The Morgan fingerprint density at radius 2 is 1.42 bits per heavy atom. The van der Waals surface area contributed by atoms with Crippen LogP contribution >= 0.6 is 78.1 Å². The Balaban J connectivity index is 0.000000320. The Morgan fingerprint density at radius 3 is 1.93 bits per heavy atom. The quantitative estimate of drug-likeness (QED) is 0.0278. The van der Waals surface area contributed by atoms with E-state index in [-0.39, 0.29) is 61.1 Å². The third-order valence-electron chi connectivity index (χ3n) is 10.1. The van der Waals surface area contributed by atoms with Crippen LogP contribution in [0.2, 0.25) is 0 Å². The fraction of sp³-hybridized carbons (Fsp3) is 0.524. The molecule has 0 aliphatic heterocycles. The molecule has 2 saturated carbocycles. The van der Waals surface area contributed by atoms with Gasteiger partial charge < -0.3 is 0 Å². The van der Waals surface area contributed by atoms with Crippen molar-refractivity contribution in [3.8, 4) is 5.06 Å². The Hall–Kier alpha value is -1.57. The van der Waals surface area contributed by atoms with E-state index in [1.54, 1.807) is 47.2 Å². The number of halogens is 2. The van der Waals surface area contributed by atoms with Crippen molar-refractivity contribution in [2.75, 3.05) is 37.1 Å². The zero-order chi connectivity index (χ0) is 44.2. The van der Waals surface area contributed by atoms with Crippen molar-refractivity contribution in [2.45, 2.75) is 68.2 Å². The molecule has 2 aromatic heterocycles. The number of rotatable bonds is 24. The van der Waals surface area contributed by atoms with Gasteiger partial charge in [-0.25, -0.2) is 0 Å². The van der Waals surface area contributed by atoms with E-state index in [2.05, 4.69) is 44.8 Å². The Bertz CT molecular complexity index is 1620. The molecule has 18 heteroatoms. The Kier molecular flexibility index (Phi) is 24.9. The molecule has 2 aliphatic carbocycles. The van der Waals surface area contributed by atoms with Gasteiger partial charge >= 0.3 is 392 Å². The molecule has 2 radical (unpaired) electrons. The third kappa shape index (κ3) is 18.6. The number of aliphatic carboxylic acids is 2. The van der Waals surface area contributed by atoms with Gasteiger partial charge in [0.25, 0.3) is 0 Å². The molecule has 0 saturated heterocycles. The summed E-state index contributed by atoms with van der Waals surface area (Å²) in [6.07, 6.45) is 15.2. The van der Waals surface area contributed by atoms with E-state index in [1.165, 1.54) is 32.2 Å². The number of thiophene rings is 2. The second kappa shape index (κ2) is 28.3. The average molecular weight is 1030 g/mol. The number of carboxylic acids is 2. The average Bonchev–Trinajstić information content (AvgIpc) is 3.91. The van der Waals surface area contributed by atoms with Crippen LogP contribution in [0.1, 0.15) is 35.4 Å². The first-order valence-electron chi connectivity index (χ1n) is 19.5. The van der Waals surface area contributed by atoms with Crippen LogP contribution in [0.4, 0.5) is 0 Å². The summed E-state index contributed by atoms with van der Waals surface area (Å²) in [5.41, 5.74) is 0. The second-order valence-corrected chi connectivity index (χ2v) is 21.0. The Labute approximate surface area is 389 Å². The molecule has 0 amide bonds. The summed E-state index contributed by atoms with van der Waals surface area (Å²) >= 11 is 13.1. The predicted molar refractivity (Wildman–Crippen MR) is 257 cm³/mol. The molecule has 2 aliphatic rings. The molecule has 2 unspecified atom stereocenters. The molecule has 10 atom stereocenters. The molecule has 10 nitrogen and oxygen atoms in total. The van der Waals surface area contributed by atoms with Gasteiger partial charge in [0.05, 0.1) is 0 Å². The van der Waals surface area contributed by atoms with Gasteiger partial charge in [-0.05, 0) is 0 Å². The summed E-state index contributed by atoms with van der Waals surface area (Å²) in [5, 5.41) is 59.5. The standard InChI is InChI=1S/C21H27BBrO6S.C21H27BBrO4S3/c2*1-13-18(23)9-21(30-13)29-11-15(24)5-6-16-14(10-22)8-19(25)17(16)4-2-3-7-28-12-20(26)27/h2*2-3,5-6,9-10,14-17,19,24-25H,4,7-8,11-12H2,1H3,(H,26,27)/b2*3-2-,6-5+/t2*14-,15+,16-,17+,19?/m00/s1. The SMILES string of the molecule is [B]=C[C@@H]1CC(O)[C@H](C/C=C\COCC(=O)O)[C@H]1/C=C/[C@@H](O)COc1cc(Br)c(C)s1.[B]=C[C@@H]1CC(O)[C@H](C/C=C\CSCC(=O)O)[C@H]1/C=C/[C@@H](O)CSc1cc(Br)c(C)s1. The van der Waals surface area contributed by atoms with E-state index in [9.17, 15) is 30.0 Å².